The first-order valence-electron chi connectivity index (χ1n) is 7.84. The zero-order chi connectivity index (χ0) is 18.9. The summed E-state index contributed by atoms with van der Waals surface area (Å²) < 4.78 is 6.88. The van der Waals surface area contributed by atoms with Crippen LogP contribution in [0.15, 0.2) is 53.4 Å². The van der Waals surface area contributed by atoms with Gasteiger partial charge in [0, 0.05) is 23.4 Å². The molecule has 1 N–H and O–H groups in total. The number of urea groups is 1. The second-order valence-corrected chi connectivity index (χ2v) is 7.33. The van der Waals surface area contributed by atoms with Crippen molar-refractivity contribution in [1.29, 1.82) is 0 Å². The van der Waals surface area contributed by atoms with E-state index in [2.05, 4.69) is 5.32 Å². The van der Waals surface area contributed by atoms with E-state index in [-0.39, 0.29) is 12.3 Å². The Morgan fingerprint density at radius 2 is 1.88 bits per heavy atom. The number of amides is 3. The Bertz CT molecular complexity index is 759. The fraction of sp³-hybridized carbons (Fsp3) is 0.222. The van der Waals surface area contributed by atoms with Crippen molar-refractivity contribution in [3.8, 4) is 5.75 Å². The zero-order valence-electron chi connectivity index (χ0n) is 14.1. The Labute approximate surface area is 166 Å². The first kappa shape index (κ1) is 20.4. The van der Waals surface area contributed by atoms with Crippen molar-refractivity contribution in [1.82, 2.24) is 9.62 Å². The third-order valence-corrected chi connectivity index (χ3v) is 4.67. The molecule has 0 fully saturated rings. The van der Waals surface area contributed by atoms with Crippen LogP contribution in [0.1, 0.15) is 12.8 Å². The van der Waals surface area contributed by atoms with Gasteiger partial charge in [0.2, 0.25) is 5.91 Å². The Morgan fingerprint density at radius 3 is 2.58 bits per heavy atom. The molecule has 0 radical (unpaired) electrons. The molecule has 0 spiro atoms. The molecule has 5 nitrogen and oxygen atoms in total. The average Bonchev–Trinajstić information content (AvgIpc) is 2.61. The van der Waals surface area contributed by atoms with E-state index in [9.17, 15) is 9.59 Å². The fourth-order valence-electron chi connectivity index (χ4n) is 1.95. The first-order valence-corrected chi connectivity index (χ1v) is 9.37. The van der Waals surface area contributed by atoms with Crippen LogP contribution in [0.2, 0.25) is 10.0 Å². The predicted octanol–water partition coefficient (Wildman–Crippen LogP) is 5.03. The molecule has 3 amide bonds. The number of halogens is 2. The molecule has 0 saturated carbocycles. The van der Waals surface area contributed by atoms with E-state index in [1.807, 2.05) is 30.3 Å². The largest absolute Gasteiger partial charge is 0.492 e. The molecule has 138 valence electrons. The van der Waals surface area contributed by atoms with E-state index in [1.54, 1.807) is 25.2 Å². The van der Waals surface area contributed by atoms with Crippen LogP contribution in [0.4, 0.5) is 4.79 Å². The topological polar surface area (TPSA) is 58.6 Å². The zero-order valence-corrected chi connectivity index (χ0v) is 16.4. The Balaban J connectivity index is 1.68. The van der Waals surface area contributed by atoms with Crippen molar-refractivity contribution in [2.24, 2.45) is 0 Å². The lowest BCUT2D eigenvalue weighted by atomic mass is 10.3. The van der Waals surface area contributed by atoms with Gasteiger partial charge < -0.3 is 4.74 Å². The quantitative estimate of drug-likeness (QED) is 0.511. The molecule has 0 unspecified atom stereocenters. The van der Waals surface area contributed by atoms with Crippen molar-refractivity contribution >= 4 is 47.1 Å². The standard InChI is InChI=1S/C18H18Cl2N2O3S/c1-22(26-14-6-3-2-4-7-14)18(24)21-17(23)8-5-11-25-16-10-9-13(19)12-15(16)20/h2-4,6-7,9-10,12H,5,8,11H2,1H3,(H,21,23,24). The normalized spacial score (nSPS) is 10.3. The van der Waals surface area contributed by atoms with Gasteiger partial charge in [-0.2, -0.15) is 0 Å². The summed E-state index contributed by atoms with van der Waals surface area (Å²) in [4.78, 5) is 24.8. The second-order valence-electron chi connectivity index (χ2n) is 5.28. The van der Waals surface area contributed by atoms with Crippen LogP contribution in [0.5, 0.6) is 5.75 Å². The van der Waals surface area contributed by atoms with Gasteiger partial charge in [-0.05, 0) is 48.7 Å². The van der Waals surface area contributed by atoms with Crippen molar-refractivity contribution in [3.63, 3.8) is 0 Å². The van der Waals surface area contributed by atoms with Crippen LogP contribution in [0, 0.1) is 0 Å². The molecular weight excluding hydrogens is 395 g/mol. The molecule has 26 heavy (non-hydrogen) atoms. The van der Waals surface area contributed by atoms with E-state index in [0.29, 0.717) is 28.8 Å². The summed E-state index contributed by atoms with van der Waals surface area (Å²) in [5.74, 6) is 0.146. The van der Waals surface area contributed by atoms with Gasteiger partial charge in [-0.3, -0.25) is 14.4 Å². The number of nitrogens with zero attached hydrogens (tertiary/aromatic N) is 1. The van der Waals surface area contributed by atoms with Crippen LogP contribution in [-0.4, -0.2) is 29.9 Å². The highest BCUT2D eigenvalue weighted by Crippen LogP contribution is 2.27. The maximum atomic E-state index is 12.0. The SMILES string of the molecule is CN(Sc1ccccc1)C(=O)NC(=O)CCCOc1ccc(Cl)cc1Cl. The molecule has 0 aliphatic carbocycles. The molecule has 8 heteroatoms. The van der Waals surface area contributed by atoms with E-state index >= 15 is 0 Å². The highest BCUT2D eigenvalue weighted by molar-refractivity contribution is 7.97. The molecule has 2 aromatic rings. The van der Waals surface area contributed by atoms with Gasteiger partial charge in [0.1, 0.15) is 5.75 Å². The number of carbonyl (C=O) groups excluding carboxylic acids is 2. The first-order chi connectivity index (χ1) is 12.5. The van der Waals surface area contributed by atoms with E-state index < -0.39 is 6.03 Å². The molecule has 0 atom stereocenters. The lowest BCUT2D eigenvalue weighted by Gasteiger charge is -2.16. The lowest BCUT2D eigenvalue weighted by Crippen LogP contribution is -2.37. The maximum absolute atomic E-state index is 12.0. The van der Waals surface area contributed by atoms with Gasteiger partial charge in [-0.15, -0.1) is 0 Å². The molecule has 0 heterocycles. The average molecular weight is 413 g/mol. The summed E-state index contributed by atoms with van der Waals surface area (Å²) in [6.45, 7) is 0.303. The Kier molecular flexibility index (Phi) is 8.09. The molecule has 2 rings (SSSR count). The second kappa shape index (κ2) is 10.3. The summed E-state index contributed by atoms with van der Waals surface area (Å²) in [6.07, 6.45) is 0.619. The maximum Gasteiger partial charge on any atom is 0.334 e. The van der Waals surface area contributed by atoms with Crippen LogP contribution < -0.4 is 10.1 Å². The summed E-state index contributed by atoms with van der Waals surface area (Å²) in [5.41, 5.74) is 0. The molecule has 0 aliphatic rings. The number of benzene rings is 2. The number of imide groups is 1. The minimum atomic E-state index is -0.467. The molecular formula is C18H18Cl2N2O3S. The smallest absolute Gasteiger partial charge is 0.334 e. The number of hydrogen-bond donors (Lipinski definition) is 1. The fourth-order valence-corrected chi connectivity index (χ4v) is 3.14. The number of rotatable bonds is 7. The summed E-state index contributed by atoms with van der Waals surface area (Å²) in [7, 11) is 1.60. The minimum Gasteiger partial charge on any atom is -0.492 e. The Morgan fingerprint density at radius 1 is 1.15 bits per heavy atom. The van der Waals surface area contributed by atoms with Crippen LogP contribution in [-0.2, 0) is 4.79 Å². The third kappa shape index (κ3) is 6.78. The summed E-state index contributed by atoms with van der Waals surface area (Å²) in [5, 5.41) is 3.28. The highest BCUT2D eigenvalue weighted by Gasteiger charge is 2.13. The highest BCUT2D eigenvalue weighted by atomic mass is 35.5. The molecule has 0 aliphatic heterocycles. The van der Waals surface area contributed by atoms with Crippen molar-refractivity contribution < 1.29 is 14.3 Å². The van der Waals surface area contributed by atoms with Gasteiger partial charge in [0.25, 0.3) is 0 Å². The van der Waals surface area contributed by atoms with E-state index in [0.717, 1.165) is 4.90 Å². The van der Waals surface area contributed by atoms with Crippen molar-refractivity contribution in [2.75, 3.05) is 13.7 Å². The number of ether oxygens (including phenoxy) is 1. The summed E-state index contributed by atoms with van der Waals surface area (Å²) in [6, 6.07) is 13.9. The van der Waals surface area contributed by atoms with Crippen LogP contribution in [0.25, 0.3) is 0 Å². The molecule has 0 bridgehead atoms. The van der Waals surface area contributed by atoms with E-state index in [1.165, 1.54) is 16.3 Å². The lowest BCUT2D eigenvalue weighted by molar-refractivity contribution is -0.120. The minimum absolute atomic E-state index is 0.167. The number of hydrogen-bond acceptors (Lipinski definition) is 4. The van der Waals surface area contributed by atoms with Crippen LogP contribution in [0.3, 0.4) is 0 Å². The molecule has 0 saturated heterocycles. The van der Waals surface area contributed by atoms with E-state index in [4.69, 9.17) is 27.9 Å². The Hall–Kier alpha value is -1.89. The van der Waals surface area contributed by atoms with Gasteiger partial charge in [0.15, 0.2) is 0 Å². The van der Waals surface area contributed by atoms with Gasteiger partial charge >= 0.3 is 6.03 Å². The monoisotopic (exact) mass is 412 g/mol. The van der Waals surface area contributed by atoms with Gasteiger partial charge in [0.05, 0.1) is 11.6 Å². The number of nitrogens with one attached hydrogen (secondary N) is 1. The third-order valence-electron chi connectivity index (χ3n) is 3.22. The molecule has 2 aromatic carbocycles. The molecule has 0 aromatic heterocycles. The van der Waals surface area contributed by atoms with Gasteiger partial charge in [-0.25, -0.2) is 4.79 Å². The summed E-state index contributed by atoms with van der Waals surface area (Å²) >= 11 is 13.1. The number of carbonyl (C=O) groups is 2. The van der Waals surface area contributed by atoms with Crippen molar-refractivity contribution in [3.05, 3.63) is 58.6 Å². The van der Waals surface area contributed by atoms with Crippen LogP contribution >= 0.6 is 35.1 Å². The van der Waals surface area contributed by atoms with Crippen molar-refractivity contribution in [2.45, 2.75) is 17.7 Å². The van der Waals surface area contributed by atoms with Gasteiger partial charge in [-0.1, -0.05) is 41.4 Å². The predicted molar refractivity (Wildman–Crippen MR) is 105 cm³/mol.